The minimum atomic E-state index is -0.517. The predicted octanol–water partition coefficient (Wildman–Crippen LogP) is 2.45. The Bertz CT molecular complexity index is 780. The zero-order valence-corrected chi connectivity index (χ0v) is 14.7. The second-order valence-corrected chi connectivity index (χ2v) is 6.68. The van der Waals surface area contributed by atoms with Crippen molar-refractivity contribution in [1.82, 2.24) is 15.8 Å². The van der Waals surface area contributed by atoms with Gasteiger partial charge in [0.05, 0.1) is 5.56 Å². The summed E-state index contributed by atoms with van der Waals surface area (Å²) in [7, 11) is 0. The van der Waals surface area contributed by atoms with Crippen molar-refractivity contribution >= 4 is 23.6 Å². The maximum absolute atomic E-state index is 13.0. The largest absolute Gasteiger partial charge is 0.368 e. The van der Waals surface area contributed by atoms with E-state index in [2.05, 4.69) is 15.8 Å². The van der Waals surface area contributed by atoms with Crippen molar-refractivity contribution in [2.45, 2.75) is 29.7 Å². The molecule has 1 saturated heterocycles. The molecule has 1 aromatic carbocycles. The molecule has 1 aromatic heterocycles. The Morgan fingerprint density at radius 1 is 1.23 bits per heavy atom. The van der Waals surface area contributed by atoms with Crippen molar-refractivity contribution in [3.63, 3.8) is 0 Å². The number of thioether (sulfide) groups is 1. The van der Waals surface area contributed by atoms with Crippen LogP contribution in [0.15, 0.2) is 47.6 Å². The summed E-state index contributed by atoms with van der Waals surface area (Å²) < 4.78 is 18.2. The number of aromatic nitrogens is 1. The van der Waals surface area contributed by atoms with Crippen molar-refractivity contribution in [1.29, 1.82) is 0 Å². The fourth-order valence-electron chi connectivity index (χ4n) is 2.46. The van der Waals surface area contributed by atoms with Gasteiger partial charge in [-0.2, -0.15) is 0 Å². The molecule has 8 heteroatoms. The number of hydrogen-bond donors (Lipinski definition) is 2. The van der Waals surface area contributed by atoms with E-state index in [0.717, 1.165) is 12.0 Å². The van der Waals surface area contributed by atoms with E-state index in [0.29, 0.717) is 29.4 Å². The summed E-state index contributed by atoms with van der Waals surface area (Å²) in [5, 5.41) is 0.528. The summed E-state index contributed by atoms with van der Waals surface area (Å²) in [5.74, 6) is -0.565. The zero-order valence-electron chi connectivity index (χ0n) is 13.9. The smallest absolute Gasteiger partial charge is 0.272 e. The molecule has 0 radical (unpaired) electrons. The number of amides is 2. The van der Waals surface area contributed by atoms with Gasteiger partial charge in [0.1, 0.15) is 16.9 Å². The highest BCUT2D eigenvalue weighted by Crippen LogP contribution is 2.24. The maximum Gasteiger partial charge on any atom is 0.272 e. The van der Waals surface area contributed by atoms with Crippen molar-refractivity contribution in [2.24, 2.45) is 0 Å². The molecule has 1 atom stereocenters. The summed E-state index contributed by atoms with van der Waals surface area (Å²) in [6.07, 6.45) is 2.55. The van der Waals surface area contributed by atoms with Gasteiger partial charge >= 0.3 is 0 Å². The Morgan fingerprint density at radius 3 is 2.77 bits per heavy atom. The lowest BCUT2D eigenvalue weighted by Gasteiger charge is -2.12. The first-order valence-electron chi connectivity index (χ1n) is 8.17. The fraction of sp³-hybridized carbons (Fsp3) is 0.278. The summed E-state index contributed by atoms with van der Waals surface area (Å²) in [6, 6.07) is 9.44. The molecule has 0 aliphatic carbocycles. The summed E-state index contributed by atoms with van der Waals surface area (Å²) in [4.78, 5) is 28.5. The van der Waals surface area contributed by atoms with Crippen LogP contribution in [-0.4, -0.2) is 29.5 Å². The van der Waals surface area contributed by atoms with Crippen LogP contribution in [0.1, 0.15) is 28.8 Å². The Morgan fingerprint density at radius 2 is 2.04 bits per heavy atom. The van der Waals surface area contributed by atoms with Gasteiger partial charge in [-0.25, -0.2) is 9.37 Å². The lowest BCUT2D eigenvalue weighted by Crippen LogP contribution is -2.46. The van der Waals surface area contributed by atoms with E-state index in [1.807, 2.05) is 0 Å². The van der Waals surface area contributed by atoms with Crippen LogP contribution in [-0.2, 0) is 15.3 Å². The molecule has 1 aliphatic heterocycles. The predicted molar refractivity (Wildman–Crippen MR) is 94.8 cm³/mol. The van der Waals surface area contributed by atoms with Crippen molar-refractivity contribution in [2.75, 3.05) is 6.61 Å². The SMILES string of the molecule is O=C(NNC(=O)[C@@H]1CCCO1)c1cccnc1SCc1ccc(F)cc1. The number of nitrogens with one attached hydrogen (secondary N) is 2. The molecule has 2 heterocycles. The van der Waals surface area contributed by atoms with Crippen LogP contribution in [0.3, 0.4) is 0 Å². The van der Waals surface area contributed by atoms with Crippen LogP contribution in [0.2, 0.25) is 0 Å². The van der Waals surface area contributed by atoms with Crippen LogP contribution in [0.25, 0.3) is 0 Å². The number of pyridine rings is 1. The molecule has 3 rings (SSSR count). The number of halogens is 1. The quantitative estimate of drug-likeness (QED) is 0.620. The van der Waals surface area contributed by atoms with Crippen LogP contribution in [0.5, 0.6) is 0 Å². The van der Waals surface area contributed by atoms with Gasteiger partial charge in [0.25, 0.3) is 11.8 Å². The number of benzene rings is 1. The van der Waals surface area contributed by atoms with Gasteiger partial charge in [-0.3, -0.25) is 20.4 Å². The van der Waals surface area contributed by atoms with Crippen molar-refractivity contribution < 1.29 is 18.7 Å². The standard InChI is InChI=1S/C18H18FN3O3S/c19-13-7-5-12(6-8-13)11-26-18-14(3-1-9-20-18)16(23)21-22-17(24)15-4-2-10-25-15/h1,3,5-9,15H,2,4,10-11H2,(H,21,23)(H,22,24)/t15-/m0/s1. The highest BCUT2D eigenvalue weighted by Gasteiger charge is 2.24. The van der Waals surface area contributed by atoms with Crippen molar-refractivity contribution in [3.8, 4) is 0 Å². The molecule has 26 heavy (non-hydrogen) atoms. The average molecular weight is 375 g/mol. The summed E-state index contributed by atoms with van der Waals surface area (Å²) in [6.45, 7) is 0.554. The minimum Gasteiger partial charge on any atom is -0.368 e. The molecule has 1 aliphatic rings. The highest BCUT2D eigenvalue weighted by atomic mass is 32.2. The van der Waals surface area contributed by atoms with E-state index in [-0.39, 0.29) is 11.7 Å². The Kier molecular flexibility index (Phi) is 6.19. The van der Waals surface area contributed by atoms with Crippen LogP contribution in [0, 0.1) is 5.82 Å². The molecule has 1 fully saturated rings. The third-order valence-electron chi connectivity index (χ3n) is 3.83. The topological polar surface area (TPSA) is 80.3 Å². The van der Waals surface area contributed by atoms with Gasteiger partial charge in [0, 0.05) is 18.6 Å². The normalized spacial score (nSPS) is 16.3. The Labute approximate surface area is 154 Å². The molecule has 2 N–H and O–H groups in total. The highest BCUT2D eigenvalue weighted by molar-refractivity contribution is 7.98. The molecule has 136 valence electrons. The Balaban J connectivity index is 1.59. The van der Waals surface area contributed by atoms with Gasteiger partial charge in [-0.15, -0.1) is 11.8 Å². The lowest BCUT2D eigenvalue weighted by molar-refractivity contribution is -0.130. The first-order valence-corrected chi connectivity index (χ1v) is 9.16. The number of rotatable bonds is 5. The molecule has 0 bridgehead atoms. The number of ether oxygens (including phenoxy) is 1. The zero-order chi connectivity index (χ0) is 18.4. The van der Waals surface area contributed by atoms with Gasteiger partial charge in [0.15, 0.2) is 0 Å². The van der Waals surface area contributed by atoms with Gasteiger partial charge in [0.2, 0.25) is 0 Å². The third-order valence-corrected chi connectivity index (χ3v) is 4.90. The van der Waals surface area contributed by atoms with Gasteiger partial charge in [-0.05, 0) is 42.7 Å². The van der Waals surface area contributed by atoms with Crippen LogP contribution in [0.4, 0.5) is 4.39 Å². The van der Waals surface area contributed by atoms with E-state index in [4.69, 9.17) is 4.74 Å². The molecule has 0 saturated carbocycles. The second-order valence-electron chi connectivity index (χ2n) is 5.72. The number of carbonyl (C=O) groups is 2. The number of nitrogens with zero attached hydrogens (tertiary/aromatic N) is 1. The monoisotopic (exact) mass is 375 g/mol. The second kappa shape index (κ2) is 8.77. The molecule has 0 unspecified atom stereocenters. The summed E-state index contributed by atoms with van der Waals surface area (Å²) in [5.41, 5.74) is 6.06. The van der Waals surface area contributed by atoms with Crippen LogP contribution >= 0.6 is 11.8 Å². The van der Waals surface area contributed by atoms with E-state index < -0.39 is 12.0 Å². The molecular weight excluding hydrogens is 357 g/mol. The number of hydrazine groups is 1. The first kappa shape index (κ1) is 18.3. The van der Waals surface area contributed by atoms with Gasteiger partial charge in [-0.1, -0.05) is 12.1 Å². The Hall–Kier alpha value is -2.45. The number of hydrogen-bond acceptors (Lipinski definition) is 5. The van der Waals surface area contributed by atoms with E-state index in [1.165, 1.54) is 23.9 Å². The van der Waals surface area contributed by atoms with Crippen LogP contribution < -0.4 is 10.9 Å². The lowest BCUT2D eigenvalue weighted by atomic mass is 10.2. The van der Waals surface area contributed by atoms with Crippen molar-refractivity contribution in [3.05, 3.63) is 59.5 Å². The number of carbonyl (C=O) groups excluding carboxylic acids is 2. The summed E-state index contributed by atoms with van der Waals surface area (Å²) >= 11 is 1.36. The van der Waals surface area contributed by atoms with E-state index in [1.54, 1.807) is 30.5 Å². The molecule has 2 aromatic rings. The third kappa shape index (κ3) is 4.80. The minimum absolute atomic E-state index is 0.293. The first-order chi connectivity index (χ1) is 12.6. The molecular formula is C18H18FN3O3S. The molecule has 6 nitrogen and oxygen atoms in total. The maximum atomic E-state index is 13.0. The molecule has 2 amide bonds. The fourth-order valence-corrected chi connectivity index (χ4v) is 3.41. The van der Waals surface area contributed by atoms with Gasteiger partial charge < -0.3 is 4.74 Å². The molecule has 0 spiro atoms. The average Bonchev–Trinajstić information content (AvgIpc) is 3.20. The van der Waals surface area contributed by atoms with E-state index >= 15 is 0 Å². The van der Waals surface area contributed by atoms with E-state index in [9.17, 15) is 14.0 Å².